The van der Waals surface area contributed by atoms with Gasteiger partial charge in [0, 0.05) is 38.5 Å². The van der Waals surface area contributed by atoms with Crippen LogP contribution < -0.4 is 10.2 Å². The zero-order valence-electron chi connectivity index (χ0n) is 12.1. The second-order valence-corrected chi connectivity index (χ2v) is 5.17. The second-order valence-electron chi connectivity index (χ2n) is 5.17. The third-order valence-corrected chi connectivity index (χ3v) is 3.26. The molecule has 1 heterocycles. The van der Waals surface area contributed by atoms with Crippen LogP contribution in [0.3, 0.4) is 0 Å². The number of aryl methyl sites for hydroxylation is 1. The molecule has 0 radical (unpaired) electrons. The molecule has 106 valence electrons. The molecule has 0 saturated heterocycles. The van der Waals surface area contributed by atoms with Crippen molar-refractivity contribution in [1.82, 2.24) is 9.97 Å². The number of nitrogens with zero attached hydrogens (tertiary/aromatic N) is 3. The lowest BCUT2D eigenvalue weighted by Crippen LogP contribution is -2.25. The first-order valence-electron chi connectivity index (χ1n) is 7.07. The van der Waals surface area contributed by atoms with Crippen LogP contribution in [0.4, 0.5) is 11.8 Å². The summed E-state index contributed by atoms with van der Waals surface area (Å²) in [7, 11) is 2.05. The number of ether oxygens (including phenoxy) is 1. The minimum atomic E-state index is 0.689. The van der Waals surface area contributed by atoms with E-state index in [-0.39, 0.29) is 0 Å². The van der Waals surface area contributed by atoms with Crippen LogP contribution in [0.2, 0.25) is 0 Å². The molecular formula is C14H24N4O. The number of aromatic nitrogens is 2. The van der Waals surface area contributed by atoms with Gasteiger partial charge < -0.3 is 15.0 Å². The maximum absolute atomic E-state index is 5.67. The molecule has 1 saturated carbocycles. The predicted molar refractivity (Wildman–Crippen MR) is 77.7 cm³/mol. The lowest BCUT2D eigenvalue weighted by molar-refractivity contribution is 0.130. The average molecular weight is 264 g/mol. The van der Waals surface area contributed by atoms with Gasteiger partial charge in [-0.2, -0.15) is 4.98 Å². The third kappa shape index (κ3) is 4.35. The van der Waals surface area contributed by atoms with Crippen molar-refractivity contribution >= 4 is 11.8 Å². The Hall–Kier alpha value is -1.36. The Morgan fingerprint density at radius 3 is 2.95 bits per heavy atom. The molecule has 1 fully saturated rings. The van der Waals surface area contributed by atoms with Gasteiger partial charge in [0.25, 0.3) is 0 Å². The van der Waals surface area contributed by atoms with Gasteiger partial charge in [0.05, 0.1) is 6.61 Å². The molecule has 0 unspecified atom stereocenters. The van der Waals surface area contributed by atoms with Crippen LogP contribution in [0.25, 0.3) is 0 Å². The summed E-state index contributed by atoms with van der Waals surface area (Å²) < 4.78 is 5.67. The molecule has 0 amide bonds. The van der Waals surface area contributed by atoms with Gasteiger partial charge in [0.2, 0.25) is 5.95 Å². The summed E-state index contributed by atoms with van der Waals surface area (Å²) in [5, 5.41) is 3.14. The fourth-order valence-corrected chi connectivity index (χ4v) is 1.90. The topological polar surface area (TPSA) is 50.3 Å². The van der Waals surface area contributed by atoms with Gasteiger partial charge in [-0.1, -0.05) is 0 Å². The van der Waals surface area contributed by atoms with Crippen LogP contribution in [-0.4, -0.2) is 43.3 Å². The Morgan fingerprint density at radius 1 is 1.47 bits per heavy atom. The molecular weight excluding hydrogens is 240 g/mol. The number of anilines is 2. The molecule has 2 rings (SSSR count). The highest BCUT2D eigenvalue weighted by atomic mass is 16.5. The van der Waals surface area contributed by atoms with Crippen LogP contribution in [0.5, 0.6) is 0 Å². The standard InChI is InChI=1S/C14H24N4O/c1-4-15-14-16-9-11(2)13(17-14)18(3)7-8-19-10-12-5-6-12/h9,12H,4-8,10H2,1-3H3,(H,15,16,17). The Bertz CT molecular complexity index is 406. The fourth-order valence-electron chi connectivity index (χ4n) is 1.90. The molecule has 1 aliphatic rings. The van der Waals surface area contributed by atoms with E-state index in [9.17, 15) is 0 Å². The Kier molecular flexibility index (Phi) is 4.96. The van der Waals surface area contributed by atoms with Gasteiger partial charge in [0.1, 0.15) is 5.82 Å². The number of likely N-dealkylation sites (N-methyl/N-ethyl adjacent to an activating group) is 1. The Morgan fingerprint density at radius 2 is 2.26 bits per heavy atom. The number of hydrogen-bond donors (Lipinski definition) is 1. The Labute approximate surface area is 115 Å². The van der Waals surface area contributed by atoms with E-state index in [1.165, 1.54) is 12.8 Å². The zero-order chi connectivity index (χ0) is 13.7. The SMILES string of the molecule is CCNc1ncc(C)c(N(C)CCOCC2CC2)n1. The van der Waals surface area contributed by atoms with Crippen LogP contribution in [0, 0.1) is 12.8 Å². The first-order valence-corrected chi connectivity index (χ1v) is 7.07. The fraction of sp³-hybridized carbons (Fsp3) is 0.714. The summed E-state index contributed by atoms with van der Waals surface area (Å²) >= 11 is 0. The van der Waals surface area contributed by atoms with Crippen molar-refractivity contribution in [3.8, 4) is 0 Å². The maximum atomic E-state index is 5.67. The minimum absolute atomic E-state index is 0.689. The smallest absolute Gasteiger partial charge is 0.224 e. The first kappa shape index (κ1) is 14.1. The normalized spacial score (nSPS) is 14.5. The summed E-state index contributed by atoms with van der Waals surface area (Å²) in [6.07, 6.45) is 4.54. The van der Waals surface area contributed by atoms with Crippen molar-refractivity contribution in [1.29, 1.82) is 0 Å². The molecule has 0 aliphatic heterocycles. The largest absolute Gasteiger partial charge is 0.379 e. The maximum Gasteiger partial charge on any atom is 0.224 e. The van der Waals surface area contributed by atoms with Crippen molar-refractivity contribution in [3.05, 3.63) is 11.8 Å². The van der Waals surface area contributed by atoms with E-state index in [1.54, 1.807) is 0 Å². The molecule has 0 atom stereocenters. The summed E-state index contributed by atoms with van der Waals surface area (Å²) in [6, 6.07) is 0. The van der Waals surface area contributed by atoms with E-state index in [2.05, 4.69) is 20.2 Å². The molecule has 0 spiro atoms. The molecule has 1 aliphatic carbocycles. The van der Waals surface area contributed by atoms with Crippen molar-refractivity contribution < 1.29 is 4.74 Å². The van der Waals surface area contributed by atoms with Gasteiger partial charge in [-0.15, -0.1) is 0 Å². The highest BCUT2D eigenvalue weighted by Crippen LogP contribution is 2.28. The summed E-state index contributed by atoms with van der Waals surface area (Å²) in [4.78, 5) is 10.9. The van der Waals surface area contributed by atoms with Crippen LogP contribution >= 0.6 is 0 Å². The van der Waals surface area contributed by atoms with E-state index < -0.39 is 0 Å². The lowest BCUT2D eigenvalue weighted by Gasteiger charge is -2.20. The van der Waals surface area contributed by atoms with Crippen molar-refractivity contribution in [2.24, 2.45) is 5.92 Å². The molecule has 5 heteroatoms. The molecule has 0 bridgehead atoms. The van der Waals surface area contributed by atoms with Crippen LogP contribution in [0.15, 0.2) is 6.20 Å². The van der Waals surface area contributed by atoms with Gasteiger partial charge >= 0.3 is 0 Å². The molecule has 1 aromatic rings. The minimum Gasteiger partial charge on any atom is -0.379 e. The van der Waals surface area contributed by atoms with Crippen LogP contribution in [-0.2, 0) is 4.74 Å². The Balaban J connectivity index is 1.84. The lowest BCUT2D eigenvalue weighted by atomic mass is 10.3. The van der Waals surface area contributed by atoms with Crippen molar-refractivity contribution in [3.63, 3.8) is 0 Å². The van der Waals surface area contributed by atoms with E-state index >= 15 is 0 Å². The van der Waals surface area contributed by atoms with E-state index in [0.717, 1.165) is 43.6 Å². The molecule has 0 aromatic carbocycles. The molecule has 1 aromatic heterocycles. The third-order valence-electron chi connectivity index (χ3n) is 3.26. The quantitative estimate of drug-likeness (QED) is 0.729. The van der Waals surface area contributed by atoms with Crippen molar-refractivity contribution in [2.75, 3.05) is 43.6 Å². The molecule has 5 nitrogen and oxygen atoms in total. The van der Waals surface area contributed by atoms with E-state index in [1.807, 2.05) is 27.1 Å². The summed E-state index contributed by atoms with van der Waals surface area (Å²) in [5.74, 6) is 2.49. The number of rotatable bonds is 8. The highest BCUT2D eigenvalue weighted by molar-refractivity contribution is 5.48. The van der Waals surface area contributed by atoms with Gasteiger partial charge in [-0.3, -0.25) is 0 Å². The van der Waals surface area contributed by atoms with Gasteiger partial charge in [-0.25, -0.2) is 4.98 Å². The average Bonchev–Trinajstić information content (AvgIpc) is 3.21. The highest BCUT2D eigenvalue weighted by Gasteiger charge is 2.21. The summed E-state index contributed by atoms with van der Waals surface area (Å²) in [5.41, 5.74) is 1.09. The van der Waals surface area contributed by atoms with Gasteiger partial charge in [-0.05, 0) is 32.6 Å². The zero-order valence-corrected chi connectivity index (χ0v) is 12.1. The molecule has 1 N–H and O–H groups in total. The summed E-state index contributed by atoms with van der Waals surface area (Å²) in [6.45, 7) is 7.43. The number of hydrogen-bond acceptors (Lipinski definition) is 5. The van der Waals surface area contributed by atoms with Crippen molar-refractivity contribution in [2.45, 2.75) is 26.7 Å². The molecule has 19 heavy (non-hydrogen) atoms. The van der Waals surface area contributed by atoms with E-state index in [0.29, 0.717) is 5.95 Å². The predicted octanol–water partition coefficient (Wildman–Crippen LogP) is 2.08. The monoisotopic (exact) mass is 264 g/mol. The second kappa shape index (κ2) is 6.70. The first-order chi connectivity index (χ1) is 9.20. The van der Waals surface area contributed by atoms with E-state index in [4.69, 9.17) is 4.74 Å². The van der Waals surface area contributed by atoms with Gasteiger partial charge in [0.15, 0.2) is 0 Å². The number of nitrogens with one attached hydrogen (secondary N) is 1. The van der Waals surface area contributed by atoms with Crippen LogP contribution in [0.1, 0.15) is 25.3 Å².